The SMILES string of the molecule is CCOCc1ccc(CC(=O)C(C)=O)cc1. The second-order valence-corrected chi connectivity index (χ2v) is 3.61. The van der Waals surface area contributed by atoms with Crippen LogP contribution in [-0.2, 0) is 27.4 Å². The highest BCUT2D eigenvalue weighted by Gasteiger charge is 2.08. The first-order valence-electron chi connectivity index (χ1n) is 5.32. The highest BCUT2D eigenvalue weighted by atomic mass is 16.5. The Morgan fingerprint density at radius 2 is 1.69 bits per heavy atom. The third-order valence-electron chi connectivity index (χ3n) is 2.25. The van der Waals surface area contributed by atoms with Crippen LogP contribution in [0.3, 0.4) is 0 Å². The van der Waals surface area contributed by atoms with Crippen LogP contribution >= 0.6 is 0 Å². The minimum Gasteiger partial charge on any atom is -0.377 e. The lowest BCUT2D eigenvalue weighted by atomic mass is 10.1. The summed E-state index contributed by atoms with van der Waals surface area (Å²) in [5.74, 6) is -0.740. The highest BCUT2D eigenvalue weighted by Crippen LogP contribution is 2.07. The van der Waals surface area contributed by atoms with Crippen LogP contribution in [-0.4, -0.2) is 18.2 Å². The molecular formula is C13H16O3. The molecule has 0 aliphatic rings. The summed E-state index contributed by atoms with van der Waals surface area (Å²) in [6.07, 6.45) is 0.185. The van der Waals surface area contributed by atoms with E-state index in [1.807, 2.05) is 31.2 Å². The van der Waals surface area contributed by atoms with Crippen LogP contribution in [0.1, 0.15) is 25.0 Å². The van der Waals surface area contributed by atoms with Crippen molar-refractivity contribution in [2.24, 2.45) is 0 Å². The zero-order valence-electron chi connectivity index (χ0n) is 9.66. The Bertz CT molecular complexity index is 365. The van der Waals surface area contributed by atoms with E-state index in [0.29, 0.717) is 13.2 Å². The number of rotatable bonds is 6. The maximum atomic E-state index is 11.2. The lowest BCUT2D eigenvalue weighted by Crippen LogP contribution is -2.12. The third-order valence-corrected chi connectivity index (χ3v) is 2.25. The Hall–Kier alpha value is -1.48. The summed E-state index contributed by atoms with van der Waals surface area (Å²) in [6.45, 7) is 4.51. The number of ether oxygens (including phenoxy) is 1. The molecule has 0 unspecified atom stereocenters. The molecule has 1 aromatic rings. The van der Waals surface area contributed by atoms with Crippen molar-refractivity contribution in [2.75, 3.05) is 6.61 Å². The van der Waals surface area contributed by atoms with Crippen molar-refractivity contribution >= 4 is 11.6 Å². The Balaban J connectivity index is 2.57. The molecule has 0 spiro atoms. The Morgan fingerprint density at radius 3 is 2.19 bits per heavy atom. The Kier molecular flexibility index (Phi) is 4.86. The molecule has 3 nitrogen and oxygen atoms in total. The molecule has 0 saturated carbocycles. The molecule has 0 amide bonds. The van der Waals surface area contributed by atoms with Gasteiger partial charge in [0.15, 0.2) is 5.78 Å². The van der Waals surface area contributed by atoms with Gasteiger partial charge >= 0.3 is 0 Å². The van der Waals surface area contributed by atoms with E-state index in [9.17, 15) is 9.59 Å². The molecule has 0 N–H and O–H groups in total. The van der Waals surface area contributed by atoms with Crippen LogP contribution in [0.4, 0.5) is 0 Å². The van der Waals surface area contributed by atoms with E-state index < -0.39 is 5.78 Å². The first-order chi connectivity index (χ1) is 7.63. The molecule has 0 heterocycles. The molecule has 3 heteroatoms. The smallest absolute Gasteiger partial charge is 0.202 e. The van der Waals surface area contributed by atoms with Gasteiger partial charge in [-0.3, -0.25) is 9.59 Å². The van der Waals surface area contributed by atoms with Crippen molar-refractivity contribution < 1.29 is 14.3 Å². The van der Waals surface area contributed by atoms with E-state index in [1.54, 1.807) is 0 Å². The number of Topliss-reactive ketones (excluding diaryl/α,β-unsaturated/α-hetero) is 2. The minimum absolute atomic E-state index is 0.185. The van der Waals surface area contributed by atoms with E-state index in [4.69, 9.17) is 4.74 Å². The second kappa shape index (κ2) is 6.18. The fraction of sp³-hybridized carbons (Fsp3) is 0.385. The van der Waals surface area contributed by atoms with Crippen molar-refractivity contribution in [3.63, 3.8) is 0 Å². The molecular weight excluding hydrogens is 204 g/mol. The second-order valence-electron chi connectivity index (χ2n) is 3.61. The summed E-state index contributed by atoms with van der Waals surface area (Å²) in [7, 11) is 0. The minimum atomic E-state index is -0.390. The fourth-order valence-electron chi connectivity index (χ4n) is 1.28. The topological polar surface area (TPSA) is 43.4 Å². The van der Waals surface area contributed by atoms with Gasteiger partial charge in [-0.15, -0.1) is 0 Å². The molecule has 0 bridgehead atoms. The number of carbonyl (C=O) groups is 2. The molecule has 0 aliphatic carbocycles. The van der Waals surface area contributed by atoms with E-state index >= 15 is 0 Å². The quantitative estimate of drug-likeness (QED) is 0.688. The number of carbonyl (C=O) groups excluding carboxylic acids is 2. The van der Waals surface area contributed by atoms with Crippen molar-refractivity contribution in [3.05, 3.63) is 35.4 Å². The van der Waals surface area contributed by atoms with Gasteiger partial charge in [-0.05, 0) is 18.1 Å². The van der Waals surface area contributed by atoms with Crippen LogP contribution in [0.25, 0.3) is 0 Å². The van der Waals surface area contributed by atoms with E-state index in [1.165, 1.54) is 6.92 Å². The van der Waals surface area contributed by atoms with Gasteiger partial charge < -0.3 is 4.74 Å². The van der Waals surface area contributed by atoms with Crippen molar-refractivity contribution in [2.45, 2.75) is 26.9 Å². The van der Waals surface area contributed by atoms with Gasteiger partial charge in [-0.25, -0.2) is 0 Å². The lowest BCUT2D eigenvalue weighted by molar-refractivity contribution is -0.134. The third kappa shape index (κ3) is 3.95. The molecule has 0 radical (unpaired) electrons. The van der Waals surface area contributed by atoms with Crippen LogP contribution in [0.2, 0.25) is 0 Å². The molecule has 16 heavy (non-hydrogen) atoms. The van der Waals surface area contributed by atoms with Crippen molar-refractivity contribution in [1.82, 2.24) is 0 Å². The van der Waals surface area contributed by atoms with Gasteiger partial charge in [0.05, 0.1) is 6.61 Å². The zero-order chi connectivity index (χ0) is 12.0. The van der Waals surface area contributed by atoms with Crippen molar-refractivity contribution in [1.29, 1.82) is 0 Å². The largest absolute Gasteiger partial charge is 0.377 e. The molecule has 0 atom stereocenters. The molecule has 0 aliphatic heterocycles. The maximum Gasteiger partial charge on any atom is 0.202 e. The summed E-state index contributed by atoms with van der Waals surface area (Å²) < 4.78 is 5.26. The Labute approximate surface area is 95.4 Å². The van der Waals surface area contributed by atoms with Gasteiger partial charge in [0.25, 0.3) is 0 Å². The van der Waals surface area contributed by atoms with Crippen LogP contribution in [0, 0.1) is 0 Å². The predicted molar refractivity (Wildman–Crippen MR) is 61.2 cm³/mol. The van der Waals surface area contributed by atoms with Gasteiger partial charge in [-0.1, -0.05) is 24.3 Å². The summed E-state index contributed by atoms with van der Waals surface area (Å²) in [5, 5.41) is 0. The molecule has 86 valence electrons. The van der Waals surface area contributed by atoms with Gasteiger partial charge in [0.2, 0.25) is 5.78 Å². The van der Waals surface area contributed by atoms with Crippen LogP contribution in [0.15, 0.2) is 24.3 Å². The van der Waals surface area contributed by atoms with Crippen molar-refractivity contribution in [3.8, 4) is 0 Å². The van der Waals surface area contributed by atoms with E-state index in [-0.39, 0.29) is 12.2 Å². The first-order valence-corrected chi connectivity index (χ1v) is 5.32. The molecule has 0 aromatic heterocycles. The lowest BCUT2D eigenvalue weighted by Gasteiger charge is -2.03. The van der Waals surface area contributed by atoms with E-state index in [0.717, 1.165) is 11.1 Å². The summed E-state index contributed by atoms with van der Waals surface area (Å²) in [6, 6.07) is 7.54. The Morgan fingerprint density at radius 1 is 1.12 bits per heavy atom. The fourth-order valence-corrected chi connectivity index (χ4v) is 1.28. The number of benzene rings is 1. The standard InChI is InChI=1S/C13H16O3/c1-3-16-9-12-6-4-11(5-7-12)8-13(15)10(2)14/h4-7H,3,8-9H2,1-2H3. The number of ketones is 2. The number of hydrogen-bond acceptors (Lipinski definition) is 3. The number of hydrogen-bond donors (Lipinski definition) is 0. The van der Waals surface area contributed by atoms with Gasteiger partial charge in [0.1, 0.15) is 0 Å². The molecule has 0 fully saturated rings. The van der Waals surface area contributed by atoms with Crippen LogP contribution in [0.5, 0.6) is 0 Å². The molecule has 0 saturated heterocycles. The summed E-state index contributed by atoms with van der Waals surface area (Å²) in [4.78, 5) is 22.0. The average molecular weight is 220 g/mol. The zero-order valence-corrected chi connectivity index (χ0v) is 9.66. The van der Waals surface area contributed by atoms with E-state index in [2.05, 4.69) is 0 Å². The molecule has 1 rings (SSSR count). The van der Waals surface area contributed by atoms with Gasteiger partial charge in [0, 0.05) is 20.0 Å². The average Bonchev–Trinajstić information content (AvgIpc) is 2.28. The molecule has 1 aromatic carbocycles. The highest BCUT2D eigenvalue weighted by molar-refractivity contribution is 6.36. The maximum absolute atomic E-state index is 11.2. The van der Waals surface area contributed by atoms with Crippen LogP contribution < -0.4 is 0 Å². The predicted octanol–water partition coefficient (Wildman–Crippen LogP) is 1.92. The summed E-state index contributed by atoms with van der Waals surface area (Å²) in [5.41, 5.74) is 1.93. The first kappa shape index (κ1) is 12.6. The van der Waals surface area contributed by atoms with Gasteiger partial charge in [-0.2, -0.15) is 0 Å². The summed E-state index contributed by atoms with van der Waals surface area (Å²) >= 11 is 0. The monoisotopic (exact) mass is 220 g/mol. The normalized spacial score (nSPS) is 10.1.